The van der Waals surface area contributed by atoms with Gasteiger partial charge in [-0.2, -0.15) is 0 Å². The number of nitrogens with one attached hydrogen (secondary N) is 1. The molecule has 0 bridgehead atoms. The molecule has 2 rings (SSSR count). The minimum absolute atomic E-state index is 0.401. The Balaban J connectivity index is 1.89. The van der Waals surface area contributed by atoms with Crippen molar-refractivity contribution in [2.24, 2.45) is 5.92 Å². The van der Waals surface area contributed by atoms with Gasteiger partial charge in [-0.05, 0) is 52.9 Å². The SMILES string of the molecule is CN1CCCC(C(CC2CNCCO2)N(C)C)C1. The molecule has 0 aliphatic carbocycles. The Morgan fingerprint density at radius 3 is 2.89 bits per heavy atom. The van der Waals surface area contributed by atoms with E-state index in [4.69, 9.17) is 4.74 Å². The van der Waals surface area contributed by atoms with Crippen molar-refractivity contribution in [3.8, 4) is 0 Å². The van der Waals surface area contributed by atoms with Crippen molar-refractivity contribution >= 4 is 0 Å². The smallest absolute Gasteiger partial charge is 0.0715 e. The molecule has 1 N–H and O–H groups in total. The van der Waals surface area contributed by atoms with Crippen molar-refractivity contribution in [2.45, 2.75) is 31.4 Å². The molecule has 2 heterocycles. The molecule has 0 aromatic rings. The molecular formula is C14H29N3O. The molecular weight excluding hydrogens is 226 g/mol. The second-order valence-electron chi connectivity index (χ2n) is 6.13. The highest BCUT2D eigenvalue weighted by Gasteiger charge is 2.30. The maximum atomic E-state index is 5.87. The van der Waals surface area contributed by atoms with Crippen molar-refractivity contribution in [1.82, 2.24) is 15.1 Å². The van der Waals surface area contributed by atoms with Gasteiger partial charge in [0.2, 0.25) is 0 Å². The minimum Gasteiger partial charge on any atom is -0.376 e. The van der Waals surface area contributed by atoms with Crippen LogP contribution in [-0.2, 0) is 4.74 Å². The van der Waals surface area contributed by atoms with E-state index in [1.54, 1.807) is 0 Å². The topological polar surface area (TPSA) is 27.7 Å². The lowest BCUT2D eigenvalue weighted by Crippen LogP contribution is -2.48. The number of ether oxygens (including phenoxy) is 1. The van der Waals surface area contributed by atoms with Gasteiger partial charge in [0.05, 0.1) is 12.7 Å². The second kappa shape index (κ2) is 6.85. The lowest BCUT2D eigenvalue weighted by atomic mass is 9.87. The molecule has 2 fully saturated rings. The Bertz CT molecular complexity index is 241. The molecule has 0 amide bonds. The van der Waals surface area contributed by atoms with Crippen LogP contribution < -0.4 is 5.32 Å². The molecule has 0 spiro atoms. The Morgan fingerprint density at radius 2 is 2.28 bits per heavy atom. The third kappa shape index (κ3) is 3.92. The summed E-state index contributed by atoms with van der Waals surface area (Å²) in [5, 5.41) is 3.44. The van der Waals surface area contributed by atoms with Crippen molar-refractivity contribution in [2.75, 3.05) is 53.9 Å². The van der Waals surface area contributed by atoms with Crippen LogP contribution in [0, 0.1) is 5.92 Å². The monoisotopic (exact) mass is 255 g/mol. The van der Waals surface area contributed by atoms with Crippen LogP contribution in [0.2, 0.25) is 0 Å². The van der Waals surface area contributed by atoms with E-state index in [9.17, 15) is 0 Å². The highest BCUT2D eigenvalue weighted by Crippen LogP contribution is 2.25. The molecule has 2 saturated heterocycles. The van der Waals surface area contributed by atoms with Crippen LogP contribution in [-0.4, -0.2) is 75.9 Å². The average Bonchev–Trinajstić information content (AvgIpc) is 2.37. The molecule has 3 atom stereocenters. The number of piperidine rings is 1. The first kappa shape index (κ1) is 14.3. The molecule has 4 nitrogen and oxygen atoms in total. The summed E-state index contributed by atoms with van der Waals surface area (Å²) in [4.78, 5) is 4.88. The zero-order valence-electron chi connectivity index (χ0n) is 12.2. The number of rotatable bonds is 4. The lowest BCUT2D eigenvalue weighted by Gasteiger charge is -2.40. The van der Waals surface area contributed by atoms with E-state index in [0.29, 0.717) is 12.1 Å². The zero-order chi connectivity index (χ0) is 13.0. The largest absolute Gasteiger partial charge is 0.376 e. The molecule has 4 heteroatoms. The summed E-state index contributed by atoms with van der Waals surface area (Å²) < 4.78 is 5.87. The van der Waals surface area contributed by atoms with Crippen LogP contribution in [0.25, 0.3) is 0 Å². The van der Waals surface area contributed by atoms with Crippen LogP contribution in [0.5, 0.6) is 0 Å². The standard InChI is InChI=1S/C14H29N3O/c1-16(2)14(9-13-10-15-6-8-18-13)12-5-4-7-17(3)11-12/h12-15H,4-11H2,1-3H3. The Labute approximate surface area is 112 Å². The maximum Gasteiger partial charge on any atom is 0.0715 e. The maximum absolute atomic E-state index is 5.87. The van der Waals surface area contributed by atoms with Crippen molar-refractivity contribution < 1.29 is 4.74 Å². The van der Waals surface area contributed by atoms with E-state index in [0.717, 1.165) is 25.6 Å². The van der Waals surface area contributed by atoms with E-state index >= 15 is 0 Å². The van der Waals surface area contributed by atoms with Gasteiger partial charge in [-0.25, -0.2) is 0 Å². The average molecular weight is 255 g/mol. The van der Waals surface area contributed by atoms with E-state index in [1.165, 1.54) is 32.4 Å². The predicted molar refractivity (Wildman–Crippen MR) is 74.9 cm³/mol. The highest BCUT2D eigenvalue weighted by molar-refractivity contribution is 4.85. The summed E-state index contributed by atoms with van der Waals surface area (Å²) in [7, 11) is 6.68. The van der Waals surface area contributed by atoms with Gasteiger partial charge >= 0.3 is 0 Å². The minimum atomic E-state index is 0.401. The van der Waals surface area contributed by atoms with E-state index < -0.39 is 0 Å². The second-order valence-corrected chi connectivity index (χ2v) is 6.13. The first-order valence-corrected chi connectivity index (χ1v) is 7.34. The van der Waals surface area contributed by atoms with E-state index in [2.05, 4.69) is 36.3 Å². The number of likely N-dealkylation sites (tertiary alicyclic amines) is 1. The predicted octanol–water partition coefficient (Wildman–Crippen LogP) is 0.637. The van der Waals surface area contributed by atoms with Crippen LogP contribution in [0.15, 0.2) is 0 Å². The Hall–Kier alpha value is -0.160. The van der Waals surface area contributed by atoms with Crippen molar-refractivity contribution in [1.29, 1.82) is 0 Å². The third-order valence-corrected chi connectivity index (χ3v) is 4.38. The molecule has 0 aromatic carbocycles. The quantitative estimate of drug-likeness (QED) is 0.798. The number of nitrogens with zero attached hydrogens (tertiary/aromatic N) is 2. The van der Waals surface area contributed by atoms with E-state index in [-0.39, 0.29) is 0 Å². The molecule has 0 aromatic heterocycles. The van der Waals surface area contributed by atoms with Crippen LogP contribution >= 0.6 is 0 Å². The summed E-state index contributed by atoms with van der Waals surface area (Å²) in [5.41, 5.74) is 0. The van der Waals surface area contributed by atoms with Crippen molar-refractivity contribution in [3.63, 3.8) is 0 Å². The fourth-order valence-corrected chi connectivity index (χ4v) is 3.39. The van der Waals surface area contributed by atoms with Gasteiger partial charge in [0, 0.05) is 25.7 Å². The summed E-state index contributed by atoms with van der Waals surface area (Å²) in [5.74, 6) is 0.796. The molecule has 2 aliphatic heterocycles. The number of hydrogen-bond donors (Lipinski definition) is 1. The van der Waals surface area contributed by atoms with Gasteiger partial charge in [-0.3, -0.25) is 0 Å². The summed E-state index contributed by atoms with van der Waals surface area (Å²) in [6.45, 7) is 5.40. The van der Waals surface area contributed by atoms with Gasteiger partial charge in [0.1, 0.15) is 0 Å². The first-order chi connectivity index (χ1) is 8.66. The molecule has 18 heavy (non-hydrogen) atoms. The Morgan fingerprint density at radius 1 is 1.44 bits per heavy atom. The highest BCUT2D eigenvalue weighted by atomic mass is 16.5. The first-order valence-electron chi connectivity index (χ1n) is 7.34. The van der Waals surface area contributed by atoms with Gasteiger partial charge in [-0.15, -0.1) is 0 Å². The third-order valence-electron chi connectivity index (χ3n) is 4.38. The lowest BCUT2D eigenvalue weighted by molar-refractivity contribution is -0.00432. The normalized spacial score (nSPS) is 32.7. The van der Waals surface area contributed by atoms with Crippen LogP contribution in [0.1, 0.15) is 19.3 Å². The fourth-order valence-electron chi connectivity index (χ4n) is 3.39. The molecule has 0 radical (unpaired) electrons. The van der Waals surface area contributed by atoms with E-state index in [1.807, 2.05) is 0 Å². The summed E-state index contributed by atoms with van der Waals surface area (Å²) in [6, 6.07) is 0.651. The summed E-state index contributed by atoms with van der Waals surface area (Å²) >= 11 is 0. The molecule has 3 unspecified atom stereocenters. The molecule has 0 saturated carbocycles. The number of morpholine rings is 1. The van der Waals surface area contributed by atoms with Gasteiger partial charge in [0.25, 0.3) is 0 Å². The Kier molecular flexibility index (Phi) is 5.42. The number of hydrogen-bond acceptors (Lipinski definition) is 4. The zero-order valence-corrected chi connectivity index (χ0v) is 12.2. The van der Waals surface area contributed by atoms with Crippen LogP contribution in [0.3, 0.4) is 0 Å². The fraction of sp³-hybridized carbons (Fsp3) is 1.00. The van der Waals surface area contributed by atoms with Gasteiger partial charge in [0.15, 0.2) is 0 Å². The van der Waals surface area contributed by atoms with Gasteiger partial charge in [-0.1, -0.05) is 0 Å². The summed E-state index contributed by atoms with van der Waals surface area (Å²) in [6.07, 6.45) is 4.28. The van der Waals surface area contributed by atoms with Crippen molar-refractivity contribution in [3.05, 3.63) is 0 Å². The van der Waals surface area contributed by atoms with Gasteiger partial charge < -0.3 is 19.9 Å². The van der Waals surface area contributed by atoms with Crippen LogP contribution in [0.4, 0.5) is 0 Å². The molecule has 106 valence electrons. The molecule has 2 aliphatic rings.